The number of aryl methyl sites for hydroxylation is 1. The van der Waals surface area contributed by atoms with Gasteiger partial charge in [-0.1, -0.05) is 24.3 Å². The van der Waals surface area contributed by atoms with Gasteiger partial charge in [0.25, 0.3) is 0 Å². The summed E-state index contributed by atoms with van der Waals surface area (Å²) in [5.74, 6) is 1.65. The summed E-state index contributed by atoms with van der Waals surface area (Å²) < 4.78 is 34.3. The summed E-state index contributed by atoms with van der Waals surface area (Å²) in [7, 11) is 3.35. The van der Waals surface area contributed by atoms with Crippen LogP contribution in [0.3, 0.4) is 0 Å². The maximum Gasteiger partial charge on any atom is 0.387 e. The first kappa shape index (κ1) is 23.9. The molecule has 0 atom stereocenters. The second-order valence-electron chi connectivity index (χ2n) is 5.93. The van der Waals surface area contributed by atoms with E-state index in [1.54, 1.807) is 26.3 Å². The molecule has 154 valence electrons. The molecule has 0 aliphatic carbocycles. The third-order valence-corrected chi connectivity index (χ3v) is 3.99. The van der Waals surface area contributed by atoms with E-state index in [1.807, 2.05) is 25.1 Å². The Morgan fingerprint density at radius 3 is 2.57 bits per heavy atom. The molecule has 8 heteroatoms. The largest absolute Gasteiger partial charge is 0.496 e. The van der Waals surface area contributed by atoms with Crippen molar-refractivity contribution in [2.24, 2.45) is 4.99 Å². The third-order valence-electron chi connectivity index (χ3n) is 3.99. The van der Waals surface area contributed by atoms with Crippen LogP contribution >= 0.6 is 24.0 Å². The molecule has 2 N–H and O–H groups in total. The minimum absolute atomic E-state index is 0. The summed E-state index contributed by atoms with van der Waals surface area (Å²) in [6, 6.07) is 12.7. The van der Waals surface area contributed by atoms with E-state index < -0.39 is 6.61 Å². The number of halogens is 3. The Labute approximate surface area is 181 Å². The van der Waals surface area contributed by atoms with Gasteiger partial charge in [0.15, 0.2) is 5.96 Å². The topological polar surface area (TPSA) is 54.9 Å². The van der Waals surface area contributed by atoms with Crippen molar-refractivity contribution < 1.29 is 18.3 Å². The fourth-order valence-electron chi connectivity index (χ4n) is 2.58. The molecular formula is C20H26F2IN3O2. The summed E-state index contributed by atoms with van der Waals surface area (Å²) in [6.07, 6.45) is 0.815. The molecule has 0 spiro atoms. The fraction of sp³-hybridized carbons (Fsp3) is 0.350. The molecule has 0 aliphatic heterocycles. The monoisotopic (exact) mass is 505 g/mol. The Balaban J connectivity index is 0.00000392. The zero-order valence-electron chi connectivity index (χ0n) is 16.2. The van der Waals surface area contributed by atoms with Crippen molar-refractivity contribution in [3.8, 4) is 11.5 Å². The molecule has 0 radical (unpaired) electrons. The Kier molecular flexibility index (Phi) is 10.6. The first-order valence-corrected chi connectivity index (χ1v) is 8.63. The molecule has 2 aromatic rings. The number of nitrogens with zero attached hydrogens (tertiary/aromatic N) is 1. The van der Waals surface area contributed by atoms with E-state index in [-0.39, 0.29) is 29.7 Å². The van der Waals surface area contributed by atoms with Crippen LogP contribution in [0.25, 0.3) is 0 Å². The van der Waals surface area contributed by atoms with Gasteiger partial charge in [0.2, 0.25) is 0 Å². The van der Waals surface area contributed by atoms with Gasteiger partial charge in [0, 0.05) is 20.1 Å². The molecular weight excluding hydrogens is 479 g/mol. The van der Waals surface area contributed by atoms with Crippen LogP contribution in [-0.4, -0.2) is 33.3 Å². The minimum Gasteiger partial charge on any atom is -0.496 e. The van der Waals surface area contributed by atoms with Crippen molar-refractivity contribution in [2.45, 2.75) is 26.5 Å². The van der Waals surface area contributed by atoms with E-state index in [4.69, 9.17) is 4.74 Å². The van der Waals surface area contributed by atoms with Gasteiger partial charge < -0.3 is 20.1 Å². The molecule has 2 rings (SSSR count). The van der Waals surface area contributed by atoms with Crippen LogP contribution < -0.4 is 20.1 Å². The van der Waals surface area contributed by atoms with Crippen LogP contribution in [0.15, 0.2) is 47.5 Å². The van der Waals surface area contributed by atoms with Gasteiger partial charge in [-0.3, -0.25) is 4.99 Å². The van der Waals surface area contributed by atoms with E-state index in [9.17, 15) is 8.78 Å². The lowest BCUT2D eigenvalue weighted by Crippen LogP contribution is -2.37. The first-order valence-electron chi connectivity index (χ1n) is 8.63. The van der Waals surface area contributed by atoms with Gasteiger partial charge in [-0.15, -0.1) is 24.0 Å². The number of ether oxygens (including phenoxy) is 2. The first-order chi connectivity index (χ1) is 13.0. The summed E-state index contributed by atoms with van der Waals surface area (Å²) in [4.78, 5) is 4.17. The number of rotatable bonds is 8. The van der Waals surface area contributed by atoms with Crippen LogP contribution in [0.2, 0.25) is 0 Å². The highest BCUT2D eigenvalue weighted by molar-refractivity contribution is 14.0. The minimum atomic E-state index is -2.83. The zero-order valence-corrected chi connectivity index (χ0v) is 18.5. The fourth-order valence-corrected chi connectivity index (χ4v) is 2.58. The maximum atomic E-state index is 12.3. The van der Waals surface area contributed by atoms with Crippen LogP contribution in [0.1, 0.15) is 16.7 Å². The Bertz CT molecular complexity index is 773. The zero-order chi connectivity index (χ0) is 19.6. The standard InChI is InChI=1S/C20H25F2N3O2.HI/c1-14-7-8-15(12-18(14)26-3)9-10-24-20(23-2)25-13-16-5-4-6-17(11-16)27-19(21)22;/h4-8,11-12,19H,9-10,13H2,1-3H3,(H2,23,24,25);1H. The predicted molar refractivity (Wildman–Crippen MR) is 118 cm³/mol. The lowest BCUT2D eigenvalue weighted by molar-refractivity contribution is -0.0498. The second-order valence-corrected chi connectivity index (χ2v) is 5.93. The molecule has 0 unspecified atom stereocenters. The van der Waals surface area contributed by atoms with Gasteiger partial charge in [0.1, 0.15) is 11.5 Å². The average molecular weight is 505 g/mol. The number of aliphatic imine (C=N–C) groups is 1. The van der Waals surface area contributed by atoms with Crippen LogP contribution in [0, 0.1) is 6.92 Å². The highest BCUT2D eigenvalue weighted by atomic mass is 127. The molecule has 2 aromatic carbocycles. The lowest BCUT2D eigenvalue weighted by atomic mass is 10.1. The number of alkyl halides is 2. The summed E-state index contributed by atoms with van der Waals surface area (Å²) >= 11 is 0. The SMILES string of the molecule is CN=C(NCCc1ccc(C)c(OC)c1)NCc1cccc(OC(F)F)c1.I. The van der Waals surface area contributed by atoms with E-state index >= 15 is 0 Å². The van der Waals surface area contributed by atoms with Gasteiger partial charge in [0.05, 0.1) is 7.11 Å². The molecule has 0 bridgehead atoms. The highest BCUT2D eigenvalue weighted by Gasteiger charge is 2.05. The van der Waals surface area contributed by atoms with E-state index in [1.165, 1.54) is 6.07 Å². The third kappa shape index (κ3) is 7.87. The Hall–Kier alpha value is -2.10. The molecule has 0 saturated heterocycles. The van der Waals surface area contributed by atoms with Gasteiger partial charge in [-0.25, -0.2) is 0 Å². The lowest BCUT2D eigenvalue weighted by Gasteiger charge is -2.13. The molecule has 0 aromatic heterocycles. The van der Waals surface area contributed by atoms with Crippen molar-refractivity contribution in [1.29, 1.82) is 0 Å². The van der Waals surface area contributed by atoms with Crippen LogP contribution in [-0.2, 0) is 13.0 Å². The molecule has 0 heterocycles. The van der Waals surface area contributed by atoms with E-state index in [0.29, 0.717) is 19.0 Å². The molecule has 0 aliphatic rings. The highest BCUT2D eigenvalue weighted by Crippen LogP contribution is 2.19. The number of methoxy groups -OCH3 is 1. The normalized spacial score (nSPS) is 11.0. The molecule has 0 saturated carbocycles. The van der Waals surface area contributed by atoms with Gasteiger partial charge in [-0.05, 0) is 48.2 Å². The number of guanidine groups is 1. The quantitative estimate of drug-likeness (QED) is 0.322. The Morgan fingerprint density at radius 2 is 1.89 bits per heavy atom. The summed E-state index contributed by atoms with van der Waals surface area (Å²) in [5, 5.41) is 6.39. The molecule has 28 heavy (non-hydrogen) atoms. The van der Waals surface area contributed by atoms with E-state index in [2.05, 4.69) is 26.4 Å². The van der Waals surface area contributed by atoms with Crippen molar-refractivity contribution in [3.63, 3.8) is 0 Å². The number of hydrogen-bond acceptors (Lipinski definition) is 3. The Morgan fingerprint density at radius 1 is 1.11 bits per heavy atom. The second kappa shape index (κ2) is 12.4. The maximum absolute atomic E-state index is 12.3. The predicted octanol–water partition coefficient (Wildman–Crippen LogP) is 4.13. The van der Waals surface area contributed by atoms with Crippen LogP contribution in [0.4, 0.5) is 8.78 Å². The van der Waals surface area contributed by atoms with Gasteiger partial charge in [-0.2, -0.15) is 8.78 Å². The molecule has 5 nitrogen and oxygen atoms in total. The van der Waals surface area contributed by atoms with Crippen LogP contribution in [0.5, 0.6) is 11.5 Å². The number of nitrogens with one attached hydrogen (secondary N) is 2. The van der Waals surface area contributed by atoms with Crippen molar-refractivity contribution >= 4 is 29.9 Å². The number of hydrogen-bond donors (Lipinski definition) is 2. The molecule has 0 fully saturated rings. The number of benzene rings is 2. The smallest absolute Gasteiger partial charge is 0.387 e. The summed E-state index contributed by atoms with van der Waals surface area (Å²) in [6.45, 7) is 0.315. The average Bonchev–Trinajstić information content (AvgIpc) is 2.65. The van der Waals surface area contributed by atoms with Crippen molar-refractivity contribution in [2.75, 3.05) is 20.7 Å². The summed E-state index contributed by atoms with van der Waals surface area (Å²) in [5.41, 5.74) is 3.08. The van der Waals surface area contributed by atoms with E-state index in [0.717, 1.165) is 28.9 Å². The van der Waals surface area contributed by atoms with Gasteiger partial charge >= 0.3 is 6.61 Å². The molecule has 0 amide bonds. The van der Waals surface area contributed by atoms with Crippen molar-refractivity contribution in [1.82, 2.24) is 10.6 Å². The van der Waals surface area contributed by atoms with Crippen molar-refractivity contribution in [3.05, 3.63) is 59.2 Å².